The van der Waals surface area contributed by atoms with Crippen LogP contribution in [0.1, 0.15) is 19.4 Å². The summed E-state index contributed by atoms with van der Waals surface area (Å²) in [5.74, 6) is 0.0812. The van der Waals surface area contributed by atoms with Gasteiger partial charge in [-0.25, -0.2) is 0 Å². The summed E-state index contributed by atoms with van der Waals surface area (Å²) < 4.78 is 0. The van der Waals surface area contributed by atoms with Crippen molar-refractivity contribution < 1.29 is 5.11 Å². The van der Waals surface area contributed by atoms with Gasteiger partial charge in [0.05, 0.1) is 5.69 Å². The molecule has 3 rings (SSSR count). The molecular formula is C19H19NO. The molecule has 1 aromatic heterocycles. The molecule has 0 aliphatic rings. The van der Waals surface area contributed by atoms with E-state index < -0.39 is 0 Å². The summed E-state index contributed by atoms with van der Waals surface area (Å²) in [4.78, 5) is 4.39. The molecule has 106 valence electrons. The lowest BCUT2D eigenvalue weighted by molar-refractivity contribution is 0.514. The third-order valence-electron chi connectivity index (χ3n) is 3.16. The van der Waals surface area contributed by atoms with Gasteiger partial charge in [0.25, 0.3) is 0 Å². The molecular weight excluding hydrogens is 258 g/mol. The van der Waals surface area contributed by atoms with Gasteiger partial charge in [-0.2, -0.15) is 0 Å². The third-order valence-corrected chi connectivity index (χ3v) is 3.16. The van der Waals surface area contributed by atoms with Crippen molar-refractivity contribution in [2.75, 3.05) is 0 Å². The first-order valence-electron chi connectivity index (χ1n) is 7.08. The molecule has 0 spiro atoms. The van der Waals surface area contributed by atoms with Crippen LogP contribution in [0, 0.1) is 0 Å². The van der Waals surface area contributed by atoms with Gasteiger partial charge in [0.1, 0.15) is 5.76 Å². The van der Waals surface area contributed by atoms with Crippen LogP contribution in [0.4, 0.5) is 0 Å². The average Bonchev–Trinajstić information content (AvgIpc) is 2.56. The highest BCUT2D eigenvalue weighted by Crippen LogP contribution is 2.29. The first kappa shape index (κ1) is 14.8. The fourth-order valence-corrected chi connectivity index (χ4v) is 2.20. The number of nitrogens with zero attached hydrogens (tertiary/aromatic N) is 1. The van der Waals surface area contributed by atoms with E-state index in [0.29, 0.717) is 0 Å². The normalized spacial score (nSPS) is 9.81. The van der Waals surface area contributed by atoms with Crippen LogP contribution in [0.15, 0.2) is 67.4 Å². The SMILES string of the molecule is C=C(O)c1ccc2cccc(-c3ccccn3)c2c1.CC. The highest BCUT2D eigenvalue weighted by Gasteiger charge is 2.06. The van der Waals surface area contributed by atoms with E-state index in [1.807, 2.05) is 68.4 Å². The maximum absolute atomic E-state index is 9.53. The van der Waals surface area contributed by atoms with Gasteiger partial charge in [0.15, 0.2) is 0 Å². The second kappa shape index (κ2) is 6.71. The Morgan fingerprint density at radius 3 is 2.48 bits per heavy atom. The Labute approximate surface area is 125 Å². The van der Waals surface area contributed by atoms with Crippen molar-refractivity contribution in [3.8, 4) is 11.3 Å². The van der Waals surface area contributed by atoms with Crippen molar-refractivity contribution in [2.45, 2.75) is 13.8 Å². The zero-order valence-electron chi connectivity index (χ0n) is 12.4. The van der Waals surface area contributed by atoms with Crippen LogP contribution in [-0.4, -0.2) is 10.1 Å². The minimum absolute atomic E-state index is 0.0812. The molecule has 2 heteroatoms. The van der Waals surface area contributed by atoms with E-state index in [0.717, 1.165) is 27.6 Å². The zero-order chi connectivity index (χ0) is 15.2. The Balaban J connectivity index is 0.000000774. The topological polar surface area (TPSA) is 33.1 Å². The van der Waals surface area contributed by atoms with Crippen LogP contribution in [0.3, 0.4) is 0 Å². The molecule has 3 aromatic rings. The number of rotatable bonds is 2. The van der Waals surface area contributed by atoms with Gasteiger partial charge in [-0.1, -0.05) is 56.8 Å². The van der Waals surface area contributed by atoms with Gasteiger partial charge >= 0.3 is 0 Å². The van der Waals surface area contributed by atoms with E-state index >= 15 is 0 Å². The maximum Gasteiger partial charge on any atom is 0.115 e. The molecule has 0 radical (unpaired) electrons. The monoisotopic (exact) mass is 277 g/mol. The lowest BCUT2D eigenvalue weighted by Gasteiger charge is -2.08. The fourth-order valence-electron chi connectivity index (χ4n) is 2.20. The number of pyridine rings is 1. The molecule has 1 N–H and O–H groups in total. The Kier molecular flexibility index (Phi) is 4.72. The van der Waals surface area contributed by atoms with Crippen molar-refractivity contribution in [3.63, 3.8) is 0 Å². The molecule has 0 bridgehead atoms. The molecule has 2 nitrogen and oxygen atoms in total. The molecule has 0 aliphatic carbocycles. The van der Waals surface area contributed by atoms with Crippen molar-refractivity contribution >= 4 is 16.5 Å². The predicted molar refractivity (Wildman–Crippen MR) is 90.2 cm³/mol. The largest absolute Gasteiger partial charge is 0.508 e. The summed E-state index contributed by atoms with van der Waals surface area (Å²) in [7, 11) is 0. The molecule has 0 amide bonds. The van der Waals surface area contributed by atoms with Gasteiger partial charge in [-0.3, -0.25) is 4.98 Å². The predicted octanol–water partition coefficient (Wildman–Crippen LogP) is 5.46. The number of benzene rings is 2. The van der Waals surface area contributed by atoms with Gasteiger partial charge in [-0.15, -0.1) is 0 Å². The highest BCUT2D eigenvalue weighted by molar-refractivity contribution is 5.97. The van der Waals surface area contributed by atoms with Crippen molar-refractivity contribution in [1.82, 2.24) is 4.98 Å². The smallest absolute Gasteiger partial charge is 0.115 e. The molecule has 0 fully saturated rings. The number of fused-ring (bicyclic) bond motifs is 1. The third kappa shape index (κ3) is 3.11. The minimum Gasteiger partial charge on any atom is -0.508 e. The number of hydrogen-bond donors (Lipinski definition) is 1. The molecule has 0 atom stereocenters. The van der Waals surface area contributed by atoms with Gasteiger partial charge < -0.3 is 5.11 Å². The van der Waals surface area contributed by atoms with Crippen LogP contribution >= 0.6 is 0 Å². The van der Waals surface area contributed by atoms with Crippen LogP contribution in [0.5, 0.6) is 0 Å². The summed E-state index contributed by atoms with van der Waals surface area (Å²) in [6.07, 6.45) is 1.78. The Morgan fingerprint density at radius 2 is 1.81 bits per heavy atom. The minimum atomic E-state index is 0.0812. The van der Waals surface area contributed by atoms with E-state index in [-0.39, 0.29) is 5.76 Å². The molecule has 0 unspecified atom stereocenters. The number of aliphatic hydroxyl groups is 1. The summed E-state index contributed by atoms with van der Waals surface area (Å²) in [6, 6.07) is 17.7. The highest BCUT2D eigenvalue weighted by atomic mass is 16.3. The number of aromatic nitrogens is 1. The van der Waals surface area contributed by atoms with E-state index in [1.54, 1.807) is 6.20 Å². The molecule has 0 aliphatic heterocycles. The summed E-state index contributed by atoms with van der Waals surface area (Å²) >= 11 is 0. The van der Waals surface area contributed by atoms with E-state index in [9.17, 15) is 5.11 Å². The van der Waals surface area contributed by atoms with E-state index in [4.69, 9.17) is 0 Å². The Morgan fingerprint density at radius 1 is 1.00 bits per heavy atom. The summed E-state index contributed by atoms with van der Waals surface area (Å²) in [5.41, 5.74) is 2.71. The van der Waals surface area contributed by atoms with Crippen molar-refractivity contribution in [3.05, 3.63) is 72.9 Å². The summed E-state index contributed by atoms with van der Waals surface area (Å²) in [5, 5.41) is 11.7. The average molecular weight is 277 g/mol. The fraction of sp³-hybridized carbons (Fsp3) is 0.105. The first-order valence-corrected chi connectivity index (χ1v) is 7.08. The first-order chi connectivity index (χ1) is 10.3. The molecule has 2 aromatic carbocycles. The van der Waals surface area contributed by atoms with Crippen LogP contribution in [0.25, 0.3) is 27.8 Å². The lowest BCUT2D eigenvalue weighted by atomic mass is 9.99. The zero-order valence-corrected chi connectivity index (χ0v) is 12.4. The summed E-state index contributed by atoms with van der Waals surface area (Å²) in [6.45, 7) is 7.57. The molecule has 21 heavy (non-hydrogen) atoms. The molecule has 0 saturated carbocycles. The van der Waals surface area contributed by atoms with Gasteiger partial charge in [0, 0.05) is 17.3 Å². The lowest BCUT2D eigenvalue weighted by Crippen LogP contribution is -1.87. The van der Waals surface area contributed by atoms with Gasteiger partial charge in [-0.05, 0) is 29.0 Å². The molecule has 1 heterocycles. The second-order valence-corrected chi connectivity index (χ2v) is 4.40. The standard InChI is InChI=1S/C17H13NO.C2H6/c1-12(19)14-9-8-13-5-4-6-15(16(13)11-14)17-7-2-3-10-18-17;1-2/h2-11,19H,1H2;1-2H3. The quantitative estimate of drug-likeness (QED) is 0.631. The van der Waals surface area contributed by atoms with E-state index in [2.05, 4.69) is 11.6 Å². The van der Waals surface area contributed by atoms with Crippen molar-refractivity contribution in [1.29, 1.82) is 0 Å². The molecule has 0 saturated heterocycles. The van der Waals surface area contributed by atoms with Crippen LogP contribution in [0.2, 0.25) is 0 Å². The van der Waals surface area contributed by atoms with Crippen LogP contribution < -0.4 is 0 Å². The van der Waals surface area contributed by atoms with E-state index in [1.165, 1.54) is 0 Å². The number of aliphatic hydroxyl groups excluding tert-OH is 1. The number of hydrogen-bond acceptors (Lipinski definition) is 2. The maximum atomic E-state index is 9.53. The van der Waals surface area contributed by atoms with Crippen LogP contribution in [-0.2, 0) is 0 Å². The van der Waals surface area contributed by atoms with Crippen molar-refractivity contribution in [2.24, 2.45) is 0 Å². The second-order valence-electron chi connectivity index (χ2n) is 4.40. The Hall–Kier alpha value is -2.61. The Bertz CT molecular complexity index is 748. The van der Waals surface area contributed by atoms with Gasteiger partial charge in [0.2, 0.25) is 0 Å².